The normalized spacial score (nSPS) is 17.2. The van der Waals surface area contributed by atoms with Crippen LogP contribution in [-0.2, 0) is 10.2 Å². The zero-order valence-electron chi connectivity index (χ0n) is 18.5. The monoisotopic (exact) mass is 459 g/mol. The molecule has 1 atom stereocenters. The average Bonchev–Trinajstić information content (AvgIpc) is 3.44. The maximum Gasteiger partial charge on any atom is 0.348 e. The highest BCUT2D eigenvalue weighted by Crippen LogP contribution is 2.53. The minimum atomic E-state index is -0.993. The maximum atomic E-state index is 12.0. The Bertz CT molecular complexity index is 1390. The molecule has 1 unspecified atom stereocenters. The van der Waals surface area contributed by atoms with E-state index in [0.717, 1.165) is 16.1 Å². The number of esters is 1. The Morgan fingerprint density at radius 2 is 2.03 bits per heavy atom. The van der Waals surface area contributed by atoms with Crippen LogP contribution in [0.3, 0.4) is 0 Å². The molecule has 0 fully saturated rings. The highest BCUT2D eigenvalue weighted by molar-refractivity contribution is 7.17. The van der Waals surface area contributed by atoms with Gasteiger partial charge in [0.15, 0.2) is 0 Å². The molecule has 3 heterocycles. The summed E-state index contributed by atoms with van der Waals surface area (Å²) < 4.78 is 10.5. The number of allylic oxidation sites excluding steroid dienone is 1. The predicted molar refractivity (Wildman–Crippen MR) is 122 cm³/mol. The number of methoxy groups -OCH3 is 1. The number of nitriles is 2. The summed E-state index contributed by atoms with van der Waals surface area (Å²) >= 11 is 1.27. The number of aromatic nitrogens is 2. The number of carbonyl (C=O) groups is 1. The molecule has 1 aromatic carbocycles. The van der Waals surface area contributed by atoms with Gasteiger partial charge in [0.2, 0.25) is 11.8 Å². The molecule has 2 aromatic heterocycles. The van der Waals surface area contributed by atoms with Crippen LogP contribution in [0.25, 0.3) is 10.4 Å². The van der Waals surface area contributed by atoms with E-state index < -0.39 is 11.4 Å². The van der Waals surface area contributed by atoms with Gasteiger partial charge in [-0.1, -0.05) is 13.8 Å². The van der Waals surface area contributed by atoms with Crippen molar-refractivity contribution in [3.05, 3.63) is 69.0 Å². The van der Waals surface area contributed by atoms with Crippen LogP contribution in [0.15, 0.2) is 41.8 Å². The van der Waals surface area contributed by atoms with Crippen LogP contribution in [0.4, 0.5) is 0 Å². The van der Waals surface area contributed by atoms with Crippen molar-refractivity contribution in [1.29, 1.82) is 10.5 Å². The number of aromatic amines is 1. The summed E-state index contributed by atoms with van der Waals surface area (Å²) in [4.78, 5) is 13.2. The van der Waals surface area contributed by atoms with E-state index in [1.807, 2.05) is 32.9 Å². The standard InChI is InChI=1S/C24H21N5O3S/c1-12(2)24(17(11-26)21(27)32-22-20(24)13(3)28-29-22)16-8-14(10-25)7-15(9-16)18-5-6-19(33-18)23(30)31-4/h5-9,12H,27H2,1-4H3,(H,28,29). The smallest absolute Gasteiger partial charge is 0.348 e. The first-order valence-corrected chi connectivity index (χ1v) is 11.0. The molecule has 3 aromatic rings. The summed E-state index contributed by atoms with van der Waals surface area (Å²) in [5, 5.41) is 27.1. The van der Waals surface area contributed by atoms with Gasteiger partial charge in [-0.3, -0.25) is 5.10 Å². The lowest BCUT2D eigenvalue weighted by Gasteiger charge is -2.41. The molecule has 3 N–H and O–H groups in total. The molecule has 166 valence electrons. The number of rotatable bonds is 4. The van der Waals surface area contributed by atoms with Crippen molar-refractivity contribution in [1.82, 2.24) is 10.2 Å². The number of hydrogen-bond acceptors (Lipinski definition) is 8. The summed E-state index contributed by atoms with van der Waals surface area (Å²) in [7, 11) is 1.33. The summed E-state index contributed by atoms with van der Waals surface area (Å²) in [5.74, 6) is -0.267. The summed E-state index contributed by atoms with van der Waals surface area (Å²) in [6.07, 6.45) is 0. The molecular weight excluding hydrogens is 438 g/mol. The van der Waals surface area contributed by atoms with Crippen LogP contribution in [-0.4, -0.2) is 23.3 Å². The molecule has 33 heavy (non-hydrogen) atoms. The maximum absolute atomic E-state index is 12.0. The van der Waals surface area contributed by atoms with E-state index in [1.54, 1.807) is 18.2 Å². The van der Waals surface area contributed by atoms with Crippen LogP contribution < -0.4 is 10.5 Å². The number of ether oxygens (including phenoxy) is 2. The summed E-state index contributed by atoms with van der Waals surface area (Å²) in [5.41, 5.74) is 8.81. The first kappa shape index (κ1) is 22.1. The zero-order valence-corrected chi connectivity index (χ0v) is 19.3. The second-order valence-electron chi connectivity index (χ2n) is 8.01. The van der Waals surface area contributed by atoms with Gasteiger partial charge >= 0.3 is 5.97 Å². The number of hydrogen-bond donors (Lipinski definition) is 2. The van der Waals surface area contributed by atoms with Crippen molar-refractivity contribution < 1.29 is 14.3 Å². The molecule has 1 aliphatic heterocycles. The van der Waals surface area contributed by atoms with E-state index in [4.69, 9.17) is 15.2 Å². The first-order chi connectivity index (χ1) is 15.8. The Balaban J connectivity index is 2.04. The van der Waals surface area contributed by atoms with Crippen LogP contribution in [0.2, 0.25) is 0 Å². The van der Waals surface area contributed by atoms with E-state index >= 15 is 0 Å². The van der Waals surface area contributed by atoms with Crippen molar-refractivity contribution in [2.75, 3.05) is 7.11 Å². The third-order valence-electron chi connectivity index (χ3n) is 5.93. The van der Waals surface area contributed by atoms with Gasteiger partial charge in [0.05, 0.1) is 29.7 Å². The lowest BCUT2D eigenvalue weighted by Crippen LogP contribution is -2.41. The molecule has 0 aliphatic carbocycles. The zero-order chi connectivity index (χ0) is 23.9. The Morgan fingerprint density at radius 3 is 2.67 bits per heavy atom. The average molecular weight is 460 g/mol. The Labute approximate surface area is 194 Å². The number of H-pyrrole nitrogens is 1. The first-order valence-electron chi connectivity index (χ1n) is 10.2. The molecule has 0 saturated heterocycles. The van der Waals surface area contributed by atoms with Gasteiger partial charge in [0.25, 0.3) is 0 Å². The van der Waals surface area contributed by atoms with Crippen molar-refractivity contribution in [2.45, 2.75) is 26.2 Å². The van der Waals surface area contributed by atoms with Gasteiger partial charge in [0.1, 0.15) is 16.5 Å². The highest BCUT2D eigenvalue weighted by atomic mass is 32.1. The molecule has 4 rings (SSSR count). The third kappa shape index (κ3) is 3.25. The van der Waals surface area contributed by atoms with E-state index in [2.05, 4.69) is 22.3 Å². The van der Waals surface area contributed by atoms with Gasteiger partial charge in [0, 0.05) is 10.6 Å². The Kier molecular flexibility index (Phi) is 5.44. The fourth-order valence-electron chi connectivity index (χ4n) is 4.53. The van der Waals surface area contributed by atoms with Gasteiger partial charge in [-0.25, -0.2) is 4.79 Å². The minimum absolute atomic E-state index is 0.0155. The lowest BCUT2D eigenvalue weighted by atomic mass is 9.61. The van der Waals surface area contributed by atoms with Crippen LogP contribution in [0, 0.1) is 35.5 Å². The minimum Gasteiger partial charge on any atom is -0.465 e. The third-order valence-corrected chi connectivity index (χ3v) is 7.04. The van der Waals surface area contributed by atoms with Crippen LogP contribution in [0.1, 0.15) is 45.9 Å². The fourth-order valence-corrected chi connectivity index (χ4v) is 5.44. The molecule has 0 spiro atoms. The van der Waals surface area contributed by atoms with E-state index in [-0.39, 0.29) is 17.4 Å². The van der Waals surface area contributed by atoms with Gasteiger partial charge in [-0.05, 0) is 54.3 Å². The molecule has 0 amide bonds. The Morgan fingerprint density at radius 1 is 1.27 bits per heavy atom. The second kappa shape index (κ2) is 8.12. The molecule has 9 heteroatoms. The lowest BCUT2D eigenvalue weighted by molar-refractivity contribution is 0.0606. The largest absolute Gasteiger partial charge is 0.465 e. The number of nitrogens with two attached hydrogens (primary N) is 1. The summed E-state index contributed by atoms with van der Waals surface area (Å²) in [6, 6.07) is 13.4. The van der Waals surface area contributed by atoms with Gasteiger partial charge in [-0.15, -0.1) is 16.4 Å². The number of thiophene rings is 1. The quantitative estimate of drug-likeness (QED) is 0.559. The molecule has 0 saturated carbocycles. The second-order valence-corrected chi connectivity index (χ2v) is 9.09. The van der Waals surface area contributed by atoms with Crippen molar-refractivity contribution in [3.63, 3.8) is 0 Å². The number of aryl methyl sites for hydroxylation is 1. The van der Waals surface area contributed by atoms with Gasteiger partial charge < -0.3 is 15.2 Å². The Hall–Kier alpha value is -4.08. The number of nitrogens with zero attached hydrogens (tertiary/aromatic N) is 3. The number of carbonyl (C=O) groups excluding carboxylic acids is 1. The highest BCUT2D eigenvalue weighted by Gasteiger charge is 2.50. The van der Waals surface area contributed by atoms with E-state index in [9.17, 15) is 15.3 Å². The molecule has 0 bridgehead atoms. The molecule has 0 radical (unpaired) electrons. The van der Waals surface area contributed by atoms with Gasteiger partial charge in [-0.2, -0.15) is 10.5 Å². The van der Waals surface area contributed by atoms with Crippen LogP contribution >= 0.6 is 11.3 Å². The topological polar surface area (TPSA) is 138 Å². The fraction of sp³-hybridized carbons (Fsp3) is 0.250. The predicted octanol–water partition coefficient (Wildman–Crippen LogP) is 4.13. The number of nitrogens with one attached hydrogen (secondary N) is 1. The van der Waals surface area contributed by atoms with Crippen molar-refractivity contribution in [2.24, 2.45) is 11.7 Å². The number of benzene rings is 1. The van der Waals surface area contributed by atoms with Crippen LogP contribution in [0.5, 0.6) is 5.88 Å². The molecule has 1 aliphatic rings. The van der Waals surface area contributed by atoms with Crippen molar-refractivity contribution in [3.8, 4) is 28.5 Å². The SMILES string of the molecule is COC(=O)c1ccc(-c2cc(C#N)cc(C3(C(C)C)C(C#N)=C(N)Oc4n[nH]c(C)c43)c2)s1. The van der Waals surface area contributed by atoms with E-state index in [0.29, 0.717) is 27.4 Å². The molecule has 8 nitrogen and oxygen atoms in total. The van der Waals surface area contributed by atoms with Crippen molar-refractivity contribution >= 4 is 17.3 Å². The van der Waals surface area contributed by atoms with E-state index in [1.165, 1.54) is 18.4 Å². The number of fused-ring (bicyclic) bond motifs is 1. The molecular formula is C24H21N5O3S. The summed E-state index contributed by atoms with van der Waals surface area (Å²) in [6.45, 7) is 5.84.